The van der Waals surface area contributed by atoms with E-state index < -0.39 is 5.92 Å². The Balaban J connectivity index is 2.50. The number of ether oxygens (including phenoxy) is 1. The minimum absolute atomic E-state index is 0.107. The maximum Gasteiger partial charge on any atom is 0.318 e. The SMILES string of the molecule is Cc1ccc(O)c(C(C(=O)OC(C)C)c2ccccc2)c1. The van der Waals surface area contributed by atoms with Gasteiger partial charge in [-0.1, -0.05) is 48.0 Å². The second-order valence-corrected chi connectivity index (χ2v) is 5.39. The van der Waals surface area contributed by atoms with Crippen molar-refractivity contribution in [3.63, 3.8) is 0 Å². The Kier molecular flexibility index (Phi) is 4.63. The van der Waals surface area contributed by atoms with Crippen molar-refractivity contribution in [1.29, 1.82) is 0 Å². The molecular weight excluding hydrogens is 264 g/mol. The number of benzene rings is 2. The molecule has 0 radical (unpaired) electrons. The molecule has 1 atom stereocenters. The fourth-order valence-corrected chi connectivity index (χ4v) is 2.29. The highest BCUT2D eigenvalue weighted by molar-refractivity contribution is 5.83. The van der Waals surface area contributed by atoms with Crippen LogP contribution in [0.15, 0.2) is 48.5 Å². The van der Waals surface area contributed by atoms with E-state index in [-0.39, 0.29) is 17.8 Å². The molecule has 110 valence electrons. The smallest absolute Gasteiger partial charge is 0.318 e. The zero-order valence-corrected chi connectivity index (χ0v) is 12.5. The van der Waals surface area contributed by atoms with Gasteiger partial charge in [-0.05, 0) is 32.4 Å². The summed E-state index contributed by atoms with van der Waals surface area (Å²) in [5, 5.41) is 10.1. The van der Waals surface area contributed by atoms with Crippen LogP contribution in [0.4, 0.5) is 0 Å². The van der Waals surface area contributed by atoms with E-state index in [9.17, 15) is 9.90 Å². The van der Waals surface area contributed by atoms with Crippen molar-refractivity contribution < 1.29 is 14.6 Å². The second kappa shape index (κ2) is 6.44. The predicted molar refractivity (Wildman–Crippen MR) is 82.4 cm³/mol. The number of carbonyl (C=O) groups is 1. The number of rotatable bonds is 4. The lowest BCUT2D eigenvalue weighted by Gasteiger charge is -2.20. The zero-order chi connectivity index (χ0) is 15.4. The van der Waals surface area contributed by atoms with Crippen molar-refractivity contribution >= 4 is 5.97 Å². The van der Waals surface area contributed by atoms with Gasteiger partial charge < -0.3 is 9.84 Å². The van der Waals surface area contributed by atoms with Gasteiger partial charge in [0.15, 0.2) is 0 Å². The van der Waals surface area contributed by atoms with Crippen LogP contribution in [0.3, 0.4) is 0 Å². The predicted octanol–water partition coefficient (Wildman–Crippen LogP) is 3.78. The van der Waals surface area contributed by atoms with E-state index in [1.807, 2.05) is 63.2 Å². The van der Waals surface area contributed by atoms with Gasteiger partial charge in [0.25, 0.3) is 0 Å². The fourth-order valence-electron chi connectivity index (χ4n) is 2.29. The summed E-state index contributed by atoms with van der Waals surface area (Å²) in [7, 11) is 0. The van der Waals surface area contributed by atoms with Gasteiger partial charge in [-0.2, -0.15) is 0 Å². The molecule has 0 aliphatic heterocycles. The highest BCUT2D eigenvalue weighted by atomic mass is 16.5. The summed E-state index contributed by atoms with van der Waals surface area (Å²) in [5.74, 6) is -0.860. The zero-order valence-electron chi connectivity index (χ0n) is 12.5. The number of phenolic OH excluding ortho intramolecular Hbond substituents is 1. The van der Waals surface area contributed by atoms with Gasteiger partial charge in [0, 0.05) is 5.56 Å². The summed E-state index contributed by atoms with van der Waals surface area (Å²) < 4.78 is 5.37. The second-order valence-electron chi connectivity index (χ2n) is 5.39. The highest BCUT2D eigenvalue weighted by Gasteiger charge is 2.27. The first kappa shape index (κ1) is 15.1. The number of carbonyl (C=O) groups excluding carboxylic acids is 1. The van der Waals surface area contributed by atoms with E-state index in [4.69, 9.17) is 4.74 Å². The Bertz CT molecular complexity index is 618. The quantitative estimate of drug-likeness (QED) is 0.869. The number of hydrogen-bond donors (Lipinski definition) is 1. The van der Waals surface area contributed by atoms with Gasteiger partial charge in [0.1, 0.15) is 11.7 Å². The molecule has 3 heteroatoms. The van der Waals surface area contributed by atoms with Crippen LogP contribution in [0.25, 0.3) is 0 Å². The molecule has 0 spiro atoms. The molecule has 2 aromatic rings. The Hall–Kier alpha value is -2.29. The standard InChI is InChI=1S/C18H20O3/c1-12(2)21-18(20)17(14-7-5-4-6-8-14)15-11-13(3)9-10-16(15)19/h4-12,17,19H,1-3H3. The molecule has 0 saturated carbocycles. The number of aromatic hydroxyl groups is 1. The monoisotopic (exact) mass is 284 g/mol. The summed E-state index contributed by atoms with van der Waals surface area (Å²) in [6.45, 7) is 5.56. The molecule has 0 saturated heterocycles. The van der Waals surface area contributed by atoms with Crippen molar-refractivity contribution in [2.45, 2.75) is 32.8 Å². The Morgan fingerprint density at radius 3 is 2.38 bits per heavy atom. The van der Waals surface area contributed by atoms with E-state index in [1.165, 1.54) is 0 Å². The Morgan fingerprint density at radius 2 is 1.76 bits per heavy atom. The van der Waals surface area contributed by atoms with Crippen molar-refractivity contribution in [3.8, 4) is 5.75 Å². The maximum absolute atomic E-state index is 12.5. The van der Waals surface area contributed by atoms with E-state index in [1.54, 1.807) is 6.07 Å². The first-order chi connectivity index (χ1) is 9.99. The van der Waals surface area contributed by atoms with Gasteiger partial charge in [-0.15, -0.1) is 0 Å². The summed E-state index contributed by atoms with van der Waals surface area (Å²) in [5.41, 5.74) is 2.37. The topological polar surface area (TPSA) is 46.5 Å². The lowest BCUT2D eigenvalue weighted by molar-refractivity contribution is -0.148. The van der Waals surface area contributed by atoms with Crippen LogP contribution in [0.5, 0.6) is 5.75 Å². The average Bonchev–Trinajstić information content (AvgIpc) is 2.43. The number of esters is 1. The lowest BCUT2D eigenvalue weighted by Crippen LogP contribution is -2.21. The first-order valence-corrected chi connectivity index (χ1v) is 7.04. The summed E-state index contributed by atoms with van der Waals surface area (Å²) >= 11 is 0. The average molecular weight is 284 g/mol. The van der Waals surface area contributed by atoms with Gasteiger partial charge in [0.2, 0.25) is 0 Å². The molecule has 0 aliphatic carbocycles. The molecule has 0 aromatic heterocycles. The van der Waals surface area contributed by atoms with Crippen molar-refractivity contribution in [1.82, 2.24) is 0 Å². The summed E-state index contributed by atoms with van der Waals surface area (Å²) in [6, 6.07) is 14.6. The van der Waals surface area contributed by atoms with Crippen LogP contribution >= 0.6 is 0 Å². The third kappa shape index (κ3) is 3.63. The van der Waals surface area contributed by atoms with E-state index in [2.05, 4.69) is 0 Å². The minimum Gasteiger partial charge on any atom is -0.508 e. The van der Waals surface area contributed by atoms with Crippen LogP contribution in [0, 0.1) is 6.92 Å². The van der Waals surface area contributed by atoms with Crippen molar-refractivity contribution in [2.24, 2.45) is 0 Å². The Labute approximate surface area is 125 Å². The van der Waals surface area contributed by atoms with E-state index in [0.29, 0.717) is 5.56 Å². The number of phenols is 1. The molecule has 0 fully saturated rings. The van der Waals surface area contributed by atoms with Crippen molar-refractivity contribution in [3.05, 3.63) is 65.2 Å². The lowest BCUT2D eigenvalue weighted by atomic mass is 9.89. The molecule has 0 amide bonds. The van der Waals surface area contributed by atoms with Gasteiger partial charge in [-0.25, -0.2) is 0 Å². The highest BCUT2D eigenvalue weighted by Crippen LogP contribution is 2.33. The van der Waals surface area contributed by atoms with Crippen LogP contribution in [0.2, 0.25) is 0 Å². The molecule has 2 rings (SSSR count). The summed E-state index contributed by atoms with van der Waals surface area (Å²) in [4.78, 5) is 12.5. The fraction of sp³-hybridized carbons (Fsp3) is 0.278. The van der Waals surface area contributed by atoms with Crippen LogP contribution in [-0.4, -0.2) is 17.2 Å². The normalized spacial score (nSPS) is 12.2. The van der Waals surface area contributed by atoms with E-state index in [0.717, 1.165) is 11.1 Å². The maximum atomic E-state index is 12.5. The van der Waals surface area contributed by atoms with Crippen molar-refractivity contribution in [2.75, 3.05) is 0 Å². The molecule has 3 nitrogen and oxygen atoms in total. The van der Waals surface area contributed by atoms with Gasteiger partial charge in [-0.3, -0.25) is 4.79 Å². The first-order valence-electron chi connectivity index (χ1n) is 7.04. The molecule has 0 heterocycles. The molecule has 0 aliphatic rings. The number of aryl methyl sites for hydroxylation is 1. The number of hydrogen-bond acceptors (Lipinski definition) is 3. The molecule has 1 N–H and O–H groups in total. The van der Waals surface area contributed by atoms with Crippen LogP contribution in [0.1, 0.15) is 36.5 Å². The van der Waals surface area contributed by atoms with Crippen LogP contribution < -0.4 is 0 Å². The van der Waals surface area contributed by atoms with E-state index >= 15 is 0 Å². The third-order valence-electron chi connectivity index (χ3n) is 3.21. The molecule has 2 aromatic carbocycles. The van der Waals surface area contributed by atoms with Crippen LogP contribution in [-0.2, 0) is 9.53 Å². The molecule has 1 unspecified atom stereocenters. The van der Waals surface area contributed by atoms with Gasteiger partial charge in [0.05, 0.1) is 6.10 Å². The molecular formula is C18H20O3. The van der Waals surface area contributed by atoms with Gasteiger partial charge >= 0.3 is 5.97 Å². The Morgan fingerprint density at radius 1 is 1.10 bits per heavy atom. The molecule has 21 heavy (non-hydrogen) atoms. The third-order valence-corrected chi connectivity index (χ3v) is 3.21. The molecule has 0 bridgehead atoms. The summed E-state index contributed by atoms with van der Waals surface area (Å²) in [6.07, 6.45) is -0.198. The minimum atomic E-state index is -0.617. The largest absolute Gasteiger partial charge is 0.508 e.